The molecular weight excluding hydrogens is 326 g/mol. The van der Waals surface area contributed by atoms with Gasteiger partial charge in [0.25, 0.3) is 5.70 Å². The van der Waals surface area contributed by atoms with Gasteiger partial charge < -0.3 is 9.64 Å². The molecule has 0 N–H and O–H groups in total. The Bertz CT molecular complexity index is 695. The first kappa shape index (κ1) is 21.3. The number of carbonyl (C=O) groups is 1. The van der Waals surface area contributed by atoms with Crippen LogP contribution in [0.15, 0.2) is 23.9 Å². The van der Waals surface area contributed by atoms with Gasteiger partial charge in [-0.1, -0.05) is 25.8 Å². The summed E-state index contributed by atoms with van der Waals surface area (Å²) in [6.45, 7) is 14.9. The Balaban J connectivity index is 2.67. The summed E-state index contributed by atoms with van der Waals surface area (Å²) in [5.41, 5.74) is 2.96. The number of hydrogen-bond donors (Lipinski definition) is 0. The molecular formula is C21H27N3O2. The summed E-state index contributed by atoms with van der Waals surface area (Å²) in [5.74, 6) is -0.130. The molecule has 0 unspecified atom stereocenters. The second-order valence-electron chi connectivity index (χ2n) is 6.05. The van der Waals surface area contributed by atoms with Gasteiger partial charge in [0.2, 0.25) is 0 Å². The van der Waals surface area contributed by atoms with Crippen LogP contribution in [0.25, 0.3) is 10.9 Å². The monoisotopic (exact) mass is 353 g/mol. The predicted octanol–water partition coefficient (Wildman–Crippen LogP) is 4.73. The van der Waals surface area contributed by atoms with E-state index in [0.29, 0.717) is 19.6 Å². The molecule has 0 heterocycles. The molecule has 5 nitrogen and oxygen atoms in total. The van der Waals surface area contributed by atoms with Crippen LogP contribution in [0.5, 0.6) is 0 Å². The van der Waals surface area contributed by atoms with Crippen molar-refractivity contribution < 1.29 is 9.53 Å². The zero-order valence-corrected chi connectivity index (χ0v) is 15.9. The second-order valence-corrected chi connectivity index (χ2v) is 6.05. The van der Waals surface area contributed by atoms with E-state index in [4.69, 9.17) is 16.6 Å². The van der Waals surface area contributed by atoms with E-state index in [-0.39, 0.29) is 11.7 Å². The van der Waals surface area contributed by atoms with Crippen molar-refractivity contribution in [1.82, 2.24) is 0 Å². The first-order chi connectivity index (χ1) is 12.5. The molecule has 138 valence electrons. The van der Waals surface area contributed by atoms with Crippen LogP contribution in [0, 0.1) is 24.8 Å². The Kier molecular flexibility index (Phi) is 9.57. The van der Waals surface area contributed by atoms with Gasteiger partial charge in [-0.05, 0) is 49.6 Å². The van der Waals surface area contributed by atoms with Crippen molar-refractivity contribution in [3.63, 3.8) is 0 Å². The Hall–Kier alpha value is -2.79. The average Bonchev–Trinajstić information content (AvgIpc) is 2.64. The number of esters is 1. The summed E-state index contributed by atoms with van der Waals surface area (Å²) in [6.07, 6.45) is 5.11. The van der Waals surface area contributed by atoms with Gasteiger partial charge >= 0.3 is 5.97 Å². The molecule has 0 spiro atoms. The molecule has 1 aromatic rings. The fourth-order valence-electron chi connectivity index (χ4n) is 2.59. The minimum absolute atomic E-state index is 0.0724. The lowest BCUT2D eigenvalue weighted by molar-refractivity contribution is -0.143. The number of benzene rings is 1. The lowest BCUT2D eigenvalue weighted by atomic mass is 10.1. The quantitative estimate of drug-likeness (QED) is 0.264. The van der Waals surface area contributed by atoms with Crippen molar-refractivity contribution in [1.29, 1.82) is 5.26 Å². The lowest BCUT2D eigenvalue weighted by Crippen LogP contribution is -2.28. The van der Waals surface area contributed by atoms with E-state index in [1.165, 1.54) is 0 Å². The molecule has 0 saturated carbocycles. The highest BCUT2D eigenvalue weighted by Gasteiger charge is 2.08. The Morgan fingerprint density at radius 2 is 2.15 bits per heavy atom. The first-order valence-electron chi connectivity index (χ1n) is 9.06. The number of nitriles is 1. The standard InChI is InChI=1S/C21H27N3O2/c1-5-7-8-9-21(25)26-13-12-24(6-2)20-11-10-18(17(3)14-20)15-19(16-22)23-4/h10-11,14-15H,5-9,12-13H2,1-3H3. The van der Waals surface area contributed by atoms with E-state index in [2.05, 4.69) is 23.6 Å². The van der Waals surface area contributed by atoms with E-state index in [9.17, 15) is 4.79 Å². The summed E-state index contributed by atoms with van der Waals surface area (Å²) >= 11 is 0. The van der Waals surface area contributed by atoms with Crippen molar-refractivity contribution in [2.75, 3.05) is 24.6 Å². The third-order valence-electron chi connectivity index (χ3n) is 4.14. The largest absolute Gasteiger partial charge is 0.464 e. The molecule has 0 aliphatic rings. The number of nitrogens with zero attached hydrogens (tertiary/aromatic N) is 3. The summed E-state index contributed by atoms with van der Waals surface area (Å²) < 4.78 is 5.32. The van der Waals surface area contributed by atoms with Crippen LogP contribution >= 0.6 is 0 Å². The number of rotatable bonds is 10. The van der Waals surface area contributed by atoms with Crippen LogP contribution in [0.2, 0.25) is 0 Å². The molecule has 0 aromatic heterocycles. The van der Waals surface area contributed by atoms with E-state index in [0.717, 1.165) is 42.6 Å². The molecule has 0 fully saturated rings. The van der Waals surface area contributed by atoms with Crippen molar-refractivity contribution in [3.8, 4) is 6.07 Å². The molecule has 0 aliphatic carbocycles. The minimum atomic E-state index is -0.130. The zero-order chi connectivity index (χ0) is 19.4. The maximum atomic E-state index is 11.7. The van der Waals surface area contributed by atoms with Crippen molar-refractivity contribution in [3.05, 3.63) is 46.4 Å². The van der Waals surface area contributed by atoms with Gasteiger partial charge in [-0.2, -0.15) is 0 Å². The molecule has 0 amide bonds. The maximum Gasteiger partial charge on any atom is 0.305 e. The molecule has 0 radical (unpaired) electrons. The minimum Gasteiger partial charge on any atom is -0.464 e. The molecule has 0 aliphatic heterocycles. The molecule has 1 rings (SSSR count). The van der Waals surface area contributed by atoms with E-state index in [1.54, 1.807) is 6.08 Å². The molecule has 26 heavy (non-hydrogen) atoms. The van der Waals surface area contributed by atoms with E-state index < -0.39 is 0 Å². The number of carbonyl (C=O) groups excluding carboxylic acids is 1. The summed E-state index contributed by atoms with van der Waals surface area (Å²) in [7, 11) is 0. The van der Waals surface area contributed by atoms with Gasteiger partial charge in [0.1, 0.15) is 6.61 Å². The smallest absolute Gasteiger partial charge is 0.305 e. The number of anilines is 1. The highest BCUT2D eigenvalue weighted by atomic mass is 16.5. The topological polar surface area (TPSA) is 57.7 Å². The number of likely N-dealkylation sites (N-methyl/N-ethyl adjacent to an activating group) is 1. The van der Waals surface area contributed by atoms with Crippen LogP contribution in [0.1, 0.15) is 50.7 Å². The van der Waals surface area contributed by atoms with Crippen molar-refractivity contribution in [2.24, 2.45) is 0 Å². The van der Waals surface area contributed by atoms with E-state index in [1.807, 2.05) is 31.2 Å². The summed E-state index contributed by atoms with van der Waals surface area (Å²) in [4.78, 5) is 17.0. The lowest BCUT2D eigenvalue weighted by Gasteiger charge is -2.23. The number of hydrogen-bond acceptors (Lipinski definition) is 4. The Morgan fingerprint density at radius 3 is 2.73 bits per heavy atom. The highest BCUT2D eigenvalue weighted by Crippen LogP contribution is 2.21. The third-order valence-corrected chi connectivity index (χ3v) is 4.14. The normalized spacial score (nSPS) is 10.7. The van der Waals surface area contributed by atoms with Gasteiger partial charge in [-0.15, -0.1) is 0 Å². The molecule has 0 atom stereocenters. The fraction of sp³-hybridized carbons (Fsp3) is 0.476. The van der Waals surface area contributed by atoms with E-state index >= 15 is 0 Å². The Labute approximate surface area is 156 Å². The van der Waals surface area contributed by atoms with Crippen LogP contribution in [-0.4, -0.2) is 25.7 Å². The van der Waals surface area contributed by atoms with Crippen LogP contribution in [0.3, 0.4) is 0 Å². The zero-order valence-electron chi connectivity index (χ0n) is 15.9. The number of ether oxygens (including phenoxy) is 1. The van der Waals surface area contributed by atoms with Crippen LogP contribution in [-0.2, 0) is 9.53 Å². The molecule has 0 bridgehead atoms. The molecule has 5 heteroatoms. The third kappa shape index (κ3) is 6.99. The van der Waals surface area contributed by atoms with Gasteiger partial charge in [0, 0.05) is 18.7 Å². The predicted molar refractivity (Wildman–Crippen MR) is 104 cm³/mol. The van der Waals surface area contributed by atoms with Gasteiger partial charge in [-0.3, -0.25) is 4.79 Å². The van der Waals surface area contributed by atoms with Gasteiger partial charge in [0.05, 0.1) is 19.2 Å². The number of aryl methyl sites for hydroxylation is 1. The Morgan fingerprint density at radius 1 is 1.38 bits per heavy atom. The molecule has 0 saturated heterocycles. The molecule has 1 aromatic carbocycles. The highest BCUT2D eigenvalue weighted by molar-refractivity contribution is 5.69. The summed E-state index contributed by atoms with van der Waals surface area (Å²) in [5, 5.41) is 8.89. The first-order valence-corrected chi connectivity index (χ1v) is 9.06. The van der Waals surface area contributed by atoms with Crippen molar-refractivity contribution in [2.45, 2.75) is 46.5 Å². The van der Waals surface area contributed by atoms with Crippen molar-refractivity contribution >= 4 is 17.7 Å². The van der Waals surface area contributed by atoms with Gasteiger partial charge in [-0.25, -0.2) is 10.1 Å². The SMILES string of the molecule is [C-]#[N+]C(C#N)=Cc1ccc(N(CC)CCOC(=O)CCCCC)cc1C. The summed E-state index contributed by atoms with van der Waals surface area (Å²) in [6, 6.07) is 7.78. The number of allylic oxidation sites excluding steroid dienone is 1. The van der Waals surface area contributed by atoms with Crippen LogP contribution in [0.4, 0.5) is 5.69 Å². The maximum absolute atomic E-state index is 11.7. The van der Waals surface area contributed by atoms with Gasteiger partial charge in [0.15, 0.2) is 0 Å². The van der Waals surface area contributed by atoms with Crippen LogP contribution < -0.4 is 4.90 Å². The fourth-order valence-corrected chi connectivity index (χ4v) is 2.59. The second kappa shape index (κ2) is 11.7. The number of unbranched alkanes of at least 4 members (excludes halogenated alkanes) is 2. The average molecular weight is 353 g/mol.